The molecule has 0 aromatic rings. The molecule has 0 radical (unpaired) electrons. The summed E-state index contributed by atoms with van der Waals surface area (Å²) < 4.78 is 4.97. The lowest BCUT2D eigenvalue weighted by Crippen LogP contribution is -2.29. The lowest BCUT2D eigenvalue weighted by molar-refractivity contribution is -0.125. The molecule has 16 heavy (non-hydrogen) atoms. The van der Waals surface area contributed by atoms with Crippen molar-refractivity contribution in [1.29, 1.82) is 0 Å². The Labute approximate surface area is 100 Å². The van der Waals surface area contributed by atoms with Crippen molar-refractivity contribution in [3.05, 3.63) is 0 Å². The first-order chi connectivity index (χ1) is 7.81. The molecule has 0 aromatic carbocycles. The van der Waals surface area contributed by atoms with Crippen molar-refractivity contribution in [3.63, 3.8) is 0 Å². The molecule has 98 valence electrons. The number of amides is 1. The maximum atomic E-state index is 11.0. The molecule has 4 heteroatoms. The zero-order chi connectivity index (χ0) is 12.6. The van der Waals surface area contributed by atoms with E-state index in [1.54, 1.807) is 0 Å². The molecule has 0 bridgehead atoms. The minimum Gasteiger partial charge on any atom is -0.372 e. The number of ether oxygens (including phenoxy) is 1. The molecule has 0 spiro atoms. The molecule has 0 rings (SSSR count). The van der Waals surface area contributed by atoms with Gasteiger partial charge < -0.3 is 15.4 Å². The highest BCUT2D eigenvalue weighted by atomic mass is 16.5. The van der Waals surface area contributed by atoms with Gasteiger partial charge in [-0.1, -0.05) is 20.8 Å². The average molecular weight is 232 g/mol. The molecule has 1 amide bonds. The Bertz CT molecular complexity index is 141. The summed E-state index contributed by atoms with van der Waals surface area (Å²) in [6.07, 6.45) is 2.12. The topological polar surface area (TPSA) is 50.4 Å². The second-order valence-electron chi connectivity index (χ2n) is 3.05. The van der Waals surface area contributed by atoms with Gasteiger partial charge in [0.15, 0.2) is 0 Å². The van der Waals surface area contributed by atoms with Crippen LogP contribution < -0.4 is 10.6 Å². The van der Waals surface area contributed by atoms with E-state index in [0.29, 0.717) is 6.61 Å². The monoisotopic (exact) mass is 232 g/mol. The van der Waals surface area contributed by atoms with Gasteiger partial charge in [0, 0.05) is 13.2 Å². The van der Waals surface area contributed by atoms with Crippen LogP contribution in [-0.2, 0) is 9.53 Å². The molecule has 0 fully saturated rings. The van der Waals surface area contributed by atoms with Crippen molar-refractivity contribution >= 4 is 5.91 Å². The van der Waals surface area contributed by atoms with Crippen molar-refractivity contribution in [2.45, 2.75) is 40.5 Å². The summed E-state index contributed by atoms with van der Waals surface area (Å²) in [5.41, 5.74) is 0. The summed E-state index contributed by atoms with van der Waals surface area (Å²) in [4.78, 5) is 11.0. The Morgan fingerprint density at radius 3 is 2.31 bits per heavy atom. The molecule has 0 aliphatic heterocycles. The van der Waals surface area contributed by atoms with E-state index in [2.05, 4.69) is 17.6 Å². The summed E-state index contributed by atoms with van der Waals surface area (Å²) in [5, 5.41) is 6.04. The maximum absolute atomic E-state index is 11.0. The van der Waals surface area contributed by atoms with E-state index in [9.17, 15) is 4.79 Å². The van der Waals surface area contributed by atoms with E-state index < -0.39 is 0 Å². The number of unbranched alkanes of at least 4 members (excludes halogenated alkanes) is 1. The van der Waals surface area contributed by atoms with Crippen LogP contribution in [0.4, 0.5) is 0 Å². The van der Waals surface area contributed by atoms with Crippen molar-refractivity contribution < 1.29 is 9.53 Å². The summed E-state index contributed by atoms with van der Waals surface area (Å²) in [6, 6.07) is 0. The average Bonchev–Trinajstić information content (AvgIpc) is 2.33. The first-order valence-electron chi connectivity index (χ1n) is 6.36. The number of carbonyl (C=O) groups excluding carboxylic acids is 1. The van der Waals surface area contributed by atoms with Gasteiger partial charge in [0.05, 0.1) is 0 Å². The maximum Gasteiger partial charge on any atom is 0.245 e. The summed E-state index contributed by atoms with van der Waals surface area (Å²) in [5.74, 6) is -0.0182. The largest absolute Gasteiger partial charge is 0.372 e. The van der Waals surface area contributed by atoms with Gasteiger partial charge in [0.25, 0.3) is 0 Å². The highest BCUT2D eigenvalue weighted by molar-refractivity contribution is 5.77. The summed E-state index contributed by atoms with van der Waals surface area (Å²) >= 11 is 0. The van der Waals surface area contributed by atoms with Gasteiger partial charge in [0.2, 0.25) is 5.91 Å². The third-order valence-corrected chi connectivity index (χ3v) is 1.79. The van der Waals surface area contributed by atoms with E-state index >= 15 is 0 Å². The van der Waals surface area contributed by atoms with Gasteiger partial charge in [-0.25, -0.2) is 0 Å². The highest BCUT2D eigenvalue weighted by Crippen LogP contribution is 1.84. The molecule has 0 aromatic heterocycles. The van der Waals surface area contributed by atoms with E-state index in [0.717, 1.165) is 32.5 Å². The Morgan fingerprint density at radius 1 is 1.12 bits per heavy atom. The third-order valence-electron chi connectivity index (χ3n) is 1.79. The fourth-order valence-electron chi connectivity index (χ4n) is 1.03. The fourth-order valence-corrected chi connectivity index (χ4v) is 1.03. The van der Waals surface area contributed by atoms with Crippen LogP contribution in [-0.4, -0.2) is 38.8 Å². The second kappa shape index (κ2) is 16.8. The molecule has 0 saturated carbocycles. The normalized spacial score (nSPS) is 9.25. The van der Waals surface area contributed by atoms with Crippen LogP contribution in [0.25, 0.3) is 0 Å². The number of hydrogen-bond acceptors (Lipinski definition) is 3. The Balaban J connectivity index is 0. The van der Waals surface area contributed by atoms with Crippen LogP contribution in [0.3, 0.4) is 0 Å². The predicted octanol–water partition coefficient (Wildman–Crippen LogP) is 1.55. The first-order valence-corrected chi connectivity index (χ1v) is 6.36. The molecule has 4 nitrogen and oxygen atoms in total. The van der Waals surface area contributed by atoms with Gasteiger partial charge in [-0.05, 0) is 32.9 Å². The predicted molar refractivity (Wildman–Crippen MR) is 68.6 cm³/mol. The molecular weight excluding hydrogens is 204 g/mol. The standard InChI is InChI=1S/C10H22N2O2.C2H6/c1-3-11-7-5-6-8-12-10(13)9-14-4-2;1-2/h11H,3-9H2,1-2H3,(H,12,13);1-2H3. The molecule has 0 unspecified atom stereocenters. The van der Waals surface area contributed by atoms with Crippen LogP contribution in [0.2, 0.25) is 0 Å². The Hall–Kier alpha value is -0.610. The Morgan fingerprint density at radius 2 is 1.75 bits per heavy atom. The molecule has 0 atom stereocenters. The van der Waals surface area contributed by atoms with Crippen LogP contribution in [0.5, 0.6) is 0 Å². The first kappa shape index (κ1) is 17.8. The lowest BCUT2D eigenvalue weighted by atomic mass is 10.3. The van der Waals surface area contributed by atoms with Crippen LogP contribution in [0.15, 0.2) is 0 Å². The number of carbonyl (C=O) groups is 1. The molecule has 0 saturated heterocycles. The SMILES string of the molecule is CC.CCNCCCCNC(=O)COCC. The highest BCUT2D eigenvalue weighted by Gasteiger charge is 1.98. The molecule has 0 heterocycles. The van der Waals surface area contributed by atoms with Crippen LogP contribution in [0.1, 0.15) is 40.5 Å². The van der Waals surface area contributed by atoms with Crippen LogP contribution >= 0.6 is 0 Å². The zero-order valence-corrected chi connectivity index (χ0v) is 11.3. The lowest BCUT2D eigenvalue weighted by Gasteiger charge is -2.05. The molecule has 0 aliphatic rings. The van der Waals surface area contributed by atoms with Gasteiger partial charge >= 0.3 is 0 Å². The second-order valence-corrected chi connectivity index (χ2v) is 3.05. The molecule has 0 aliphatic carbocycles. The Kier molecular flexibility index (Phi) is 18.7. The van der Waals surface area contributed by atoms with Crippen molar-refractivity contribution in [3.8, 4) is 0 Å². The van der Waals surface area contributed by atoms with Crippen molar-refractivity contribution in [2.24, 2.45) is 0 Å². The van der Waals surface area contributed by atoms with E-state index in [4.69, 9.17) is 4.74 Å². The van der Waals surface area contributed by atoms with Crippen molar-refractivity contribution in [1.82, 2.24) is 10.6 Å². The number of nitrogens with one attached hydrogen (secondary N) is 2. The quantitative estimate of drug-likeness (QED) is 0.593. The molecule has 2 N–H and O–H groups in total. The van der Waals surface area contributed by atoms with E-state index in [1.165, 1.54) is 0 Å². The smallest absolute Gasteiger partial charge is 0.245 e. The molecular formula is C12H28N2O2. The number of rotatable bonds is 9. The van der Waals surface area contributed by atoms with Crippen LogP contribution in [0, 0.1) is 0 Å². The summed E-state index contributed by atoms with van der Waals surface area (Å²) in [7, 11) is 0. The van der Waals surface area contributed by atoms with Gasteiger partial charge in [-0.3, -0.25) is 4.79 Å². The van der Waals surface area contributed by atoms with E-state index in [1.807, 2.05) is 20.8 Å². The number of hydrogen-bond donors (Lipinski definition) is 2. The van der Waals surface area contributed by atoms with Crippen molar-refractivity contribution in [2.75, 3.05) is 32.8 Å². The third kappa shape index (κ3) is 15.8. The minimum absolute atomic E-state index is 0.0182. The van der Waals surface area contributed by atoms with Gasteiger partial charge in [0.1, 0.15) is 6.61 Å². The van der Waals surface area contributed by atoms with Gasteiger partial charge in [-0.15, -0.1) is 0 Å². The zero-order valence-electron chi connectivity index (χ0n) is 11.3. The van der Waals surface area contributed by atoms with E-state index in [-0.39, 0.29) is 12.5 Å². The minimum atomic E-state index is -0.0182. The van der Waals surface area contributed by atoms with Gasteiger partial charge in [-0.2, -0.15) is 0 Å². The fraction of sp³-hybridized carbons (Fsp3) is 0.917. The summed E-state index contributed by atoms with van der Waals surface area (Å²) in [6.45, 7) is 11.5.